The minimum atomic E-state index is -0.773. The topological polar surface area (TPSA) is 73.1 Å². The van der Waals surface area contributed by atoms with Crippen molar-refractivity contribution in [3.63, 3.8) is 0 Å². The molecular weight excluding hydrogens is 296 g/mol. The lowest BCUT2D eigenvalue weighted by Crippen LogP contribution is -2.17. The minimum Gasteiger partial charge on any atom is -0.481 e. The Labute approximate surface area is 115 Å². The van der Waals surface area contributed by atoms with Crippen LogP contribution in [0.2, 0.25) is 0 Å². The highest BCUT2D eigenvalue weighted by atomic mass is 79.9. The number of nitrogens with one attached hydrogen (secondary N) is 1. The number of nitriles is 1. The molecule has 0 saturated heterocycles. The van der Waals surface area contributed by atoms with Crippen LogP contribution >= 0.6 is 15.9 Å². The molecule has 0 bridgehead atoms. The van der Waals surface area contributed by atoms with Crippen LogP contribution in [0.3, 0.4) is 0 Å². The maximum Gasteiger partial charge on any atom is 0.303 e. The van der Waals surface area contributed by atoms with Gasteiger partial charge in [-0.1, -0.05) is 13.3 Å². The van der Waals surface area contributed by atoms with E-state index < -0.39 is 5.97 Å². The fourth-order valence-corrected chi connectivity index (χ4v) is 2.05. The zero-order chi connectivity index (χ0) is 13.5. The van der Waals surface area contributed by atoms with E-state index in [4.69, 9.17) is 10.4 Å². The lowest BCUT2D eigenvalue weighted by atomic mass is 10.0. The molecule has 1 rings (SSSR count). The van der Waals surface area contributed by atoms with E-state index >= 15 is 0 Å². The highest BCUT2D eigenvalue weighted by molar-refractivity contribution is 9.10. The predicted octanol–water partition coefficient (Wildman–Crippen LogP) is 3.23. The second kappa shape index (κ2) is 7.02. The van der Waals surface area contributed by atoms with Crippen molar-refractivity contribution in [2.45, 2.75) is 19.8 Å². The van der Waals surface area contributed by atoms with Crippen LogP contribution in [-0.2, 0) is 4.79 Å². The van der Waals surface area contributed by atoms with Crippen molar-refractivity contribution in [3.8, 4) is 6.07 Å². The van der Waals surface area contributed by atoms with E-state index in [1.54, 1.807) is 6.07 Å². The standard InChI is InChI=1S/C13H15BrN2O2/c1-2-9(5-13(17)18)8-16-11-4-3-10(7-15)12(14)6-11/h3-4,6,9,16H,2,5,8H2,1H3,(H,17,18). The Kier molecular flexibility index (Phi) is 5.66. The number of hydrogen-bond acceptors (Lipinski definition) is 3. The number of halogens is 1. The molecule has 0 aliphatic carbocycles. The molecule has 0 radical (unpaired) electrons. The smallest absolute Gasteiger partial charge is 0.303 e. The van der Waals surface area contributed by atoms with E-state index in [0.717, 1.165) is 16.6 Å². The Hall–Kier alpha value is -1.54. The van der Waals surface area contributed by atoms with Crippen LogP contribution in [-0.4, -0.2) is 17.6 Å². The Morgan fingerprint density at radius 3 is 2.83 bits per heavy atom. The molecule has 0 aromatic heterocycles. The number of benzene rings is 1. The summed E-state index contributed by atoms with van der Waals surface area (Å²) in [6.07, 6.45) is 0.984. The molecule has 1 aromatic carbocycles. The van der Waals surface area contributed by atoms with Gasteiger partial charge in [-0.25, -0.2) is 0 Å². The van der Waals surface area contributed by atoms with Gasteiger partial charge in [0.2, 0.25) is 0 Å². The largest absolute Gasteiger partial charge is 0.481 e. The first-order chi connectivity index (χ1) is 8.56. The third kappa shape index (κ3) is 4.38. The molecule has 0 fully saturated rings. The zero-order valence-corrected chi connectivity index (χ0v) is 11.7. The van der Waals surface area contributed by atoms with Gasteiger partial charge in [-0.2, -0.15) is 5.26 Å². The molecule has 0 amide bonds. The second-order valence-electron chi connectivity index (χ2n) is 4.06. The summed E-state index contributed by atoms with van der Waals surface area (Å²) < 4.78 is 0.737. The Morgan fingerprint density at radius 1 is 1.61 bits per heavy atom. The molecule has 4 nitrogen and oxygen atoms in total. The molecule has 0 aliphatic rings. The van der Waals surface area contributed by atoms with Crippen molar-refractivity contribution in [1.29, 1.82) is 5.26 Å². The molecule has 18 heavy (non-hydrogen) atoms. The minimum absolute atomic E-state index is 0.108. The van der Waals surface area contributed by atoms with Gasteiger partial charge in [0.25, 0.3) is 0 Å². The summed E-state index contributed by atoms with van der Waals surface area (Å²) in [6, 6.07) is 7.44. The molecule has 1 atom stereocenters. The highest BCUT2D eigenvalue weighted by Crippen LogP contribution is 2.21. The summed E-state index contributed by atoms with van der Waals surface area (Å²) in [6.45, 7) is 2.59. The van der Waals surface area contributed by atoms with Crippen LogP contribution in [0.5, 0.6) is 0 Å². The number of rotatable bonds is 6. The fraction of sp³-hybridized carbons (Fsp3) is 0.385. The van der Waals surface area contributed by atoms with Crippen molar-refractivity contribution in [3.05, 3.63) is 28.2 Å². The molecule has 0 spiro atoms. The highest BCUT2D eigenvalue weighted by Gasteiger charge is 2.11. The third-order valence-electron chi connectivity index (χ3n) is 2.73. The lowest BCUT2D eigenvalue weighted by molar-refractivity contribution is -0.138. The Morgan fingerprint density at radius 2 is 2.33 bits per heavy atom. The summed E-state index contributed by atoms with van der Waals surface area (Å²) in [5.74, 6) is -0.665. The number of anilines is 1. The Bertz CT molecular complexity index is 469. The summed E-state index contributed by atoms with van der Waals surface area (Å²) in [7, 11) is 0. The van der Waals surface area contributed by atoms with Gasteiger partial charge in [0, 0.05) is 23.1 Å². The average Bonchev–Trinajstić information content (AvgIpc) is 2.34. The van der Waals surface area contributed by atoms with Gasteiger partial charge in [0.05, 0.1) is 5.56 Å². The van der Waals surface area contributed by atoms with Crippen molar-refractivity contribution in [2.24, 2.45) is 5.92 Å². The summed E-state index contributed by atoms with van der Waals surface area (Å²) >= 11 is 3.32. The van der Waals surface area contributed by atoms with Crippen LogP contribution < -0.4 is 5.32 Å². The average molecular weight is 311 g/mol. The summed E-state index contributed by atoms with van der Waals surface area (Å²) in [4.78, 5) is 10.6. The Balaban J connectivity index is 2.60. The molecule has 5 heteroatoms. The number of carboxylic acids is 1. The first-order valence-electron chi connectivity index (χ1n) is 5.72. The van der Waals surface area contributed by atoms with Crippen LogP contribution in [0.1, 0.15) is 25.3 Å². The van der Waals surface area contributed by atoms with Gasteiger partial charge in [0.1, 0.15) is 6.07 Å². The zero-order valence-electron chi connectivity index (χ0n) is 10.1. The van der Waals surface area contributed by atoms with Crippen molar-refractivity contribution >= 4 is 27.6 Å². The molecule has 2 N–H and O–H groups in total. The van der Waals surface area contributed by atoms with Crippen LogP contribution in [0.25, 0.3) is 0 Å². The number of carbonyl (C=O) groups is 1. The van der Waals surface area contributed by atoms with Crippen LogP contribution in [0.4, 0.5) is 5.69 Å². The van der Waals surface area contributed by atoms with E-state index in [2.05, 4.69) is 27.3 Å². The summed E-state index contributed by atoms with van der Waals surface area (Å²) in [5, 5.41) is 20.7. The monoisotopic (exact) mass is 310 g/mol. The molecule has 0 heterocycles. The molecule has 1 unspecified atom stereocenters. The molecular formula is C13H15BrN2O2. The molecule has 0 saturated carbocycles. The first kappa shape index (κ1) is 14.5. The van der Waals surface area contributed by atoms with Crippen molar-refractivity contribution in [1.82, 2.24) is 0 Å². The quantitative estimate of drug-likeness (QED) is 0.846. The van der Waals surface area contributed by atoms with E-state index in [1.807, 2.05) is 19.1 Å². The van der Waals surface area contributed by atoms with Gasteiger partial charge < -0.3 is 10.4 Å². The van der Waals surface area contributed by atoms with E-state index in [1.165, 1.54) is 0 Å². The number of hydrogen-bond donors (Lipinski definition) is 2. The van der Waals surface area contributed by atoms with E-state index in [0.29, 0.717) is 12.1 Å². The van der Waals surface area contributed by atoms with Gasteiger partial charge in [-0.3, -0.25) is 4.79 Å². The lowest BCUT2D eigenvalue weighted by Gasteiger charge is -2.14. The second-order valence-corrected chi connectivity index (χ2v) is 4.91. The number of carboxylic acid groups (broad SMARTS) is 1. The fourth-order valence-electron chi connectivity index (χ4n) is 1.59. The SMILES string of the molecule is CCC(CNc1ccc(C#N)c(Br)c1)CC(=O)O. The van der Waals surface area contributed by atoms with E-state index in [-0.39, 0.29) is 12.3 Å². The van der Waals surface area contributed by atoms with Crippen LogP contribution in [0.15, 0.2) is 22.7 Å². The molecule has 0 aliphatic heterocycles. The van der Waals surface area contributed by atoms with Gasteiger partial charge in [-0.15, -0.1) is 0 Å². The van der Waals surface area contributed by atoms with Crippen LogP contribution in [0, 0.1) is 17.2 Å². The van der Waals surface area contributed by atoms with E-state index in [9.17, 15) is 4.79 Å². The van der Waals surface area contributed by atoms with Crippen molar-refractivity contribution in [2.75, 3.05) is 11.9 Å². The van der Waals surface area contributed by atoms with Gasteiger partial charge >= 0.3 is 5.97 Å². The molecule has 1 aromatic rings. The normalized spacial score (nSPS) is 11.6. The summed E-state index contributed by atoms with van der Waals surface area (Å²) in [5.41, 5.74) is 1.46. The van der Waals surface area contributed by atoms with Gasteiger partial charge in [0.15, 0.2) is 0 Å². The number of aliphatic carboxylic acids is 1. The third-order valence-corrected chi connectivity index (χ3v) is 3.38. The predicted molar refractivity (Wildman–Crippen MR) is 73.4 cm³/mol. The van der Waals surface area contributed by atoms with Gasteiger partial charge in [-0.05, 0) is 40.0 Å². The number of nitrogens with zero attached hydrogens (tertiary/aromatic N) is 1. The first-order valence-corrected chi connectivity index (χ1v) is 6.51. The maximum absolute atomic E-state index is 10.6. The van der Waals surface area contributed by atoms with Crippen molar-refractivity contribution < 1.29 is 9.90 Å². The molecule has 96 valence electrons. The maximum atomic E-state index is 10.6.